The second-order valence-corrected chi connectivity index (χ2v) is 4.89. The molecule has 0 unspecified atom stereocenters. The number of anilines is 1. The van der Waals surface area contributed by atoms with E-state index in [4.69, 9.17) is 0 Å². The van der Waals surface area contributed by atoms with Gasteiger partial charge in [0.25, 0.3) is 0 Å². The first-order valence-electron chi connectivity index (χ1n) is 5.57. The second-order valence-electron chi connectivity index (χ2n) is 4.10. The molecule has 0 spiro atoms. The highest BCUT2D eigenvalue weighted by atomic mass is 79.9. The number of benzene rings is 1. The van der Waals surface area contributed by atoms with Gasteiger partial charge in [-0.2, -0.15) is 0 Å². The number of pyridine rings is 1. The van der Waals surface area contributed by atoms with Gasteiger partial charge in [0, 0.05) is 28.6 Å². The van der Waals surface area contributed by atoms with E-state index in [2.05, 4.69) is 57.4 Å². The molecule has 1 aromatic heterocycles. The van der Waals surface area contributed by atoms with Crippen molar-refractivity contribution in [2.75, 3.05) is 5.32 Å². The SMILES string of the molecule is Cc1ccc(CNc2cccc(C)c2Br)cn1. The number of hydrogen-bond acceptors (Lipinski definition) is 2. The minimum atomic E-state index is 0.787. The van der Waals surface area contributed by atoms with Crippen LogP contribution < -0.4 is 5.32 Å². The van der Waals surface area contributed by atoms with Crippen molar-refractivity contribution in [2.24, 2.45) is 0 Å². The fourth-order valence-electron chi connectivity index (χ4n) is 1.58. The van der Waals surface area contributed by atoms with E-state index in [1.165, 1.54) is 11.1 Å². The van der Waals surface area contributed by atoms with Crippen molar-refractivity contribution in [2.45, 2.75) is 20.4 Å². The second kappa shape index (κ2) is 5.32. The molecule has 3 heteroatoms. The van der Waals surface area contributed by atoms with E-state index in [9.17, 15) is 0 Å². The summed E-state index contributed by atoms with van der Waals surface area (Å²) in [6, 6.07) is 10.3. The van der Waals surface area contributed by atoms with Crippen molar-refractivity contribution in [1.82, 2.24) is 4.98 Å². The first kappa shape index (κ1) is 12.1. The molecule has 0 bridgehead atoms. The molecule has 0 saturated carbocycles. The predicted molar refractivity (Wildman–Crippen MR) is 75.2 cm³/mol. The number of nitrogens with zero attached hydrogens (tertiary/aromatic N) is 1. The van der Waals surface area contributed by atoms with Gasteiger partial charge >= 0.3 is 0 Å². The Balaban J connectivity index is 2.07. The van der Waals surface area contributed by atoms with Crippen LogP contribution in [0.15, 0.2) is 41.0 Å². The Morgan fingerprint density at radius 3 is 2.71 bits per heavy atom. The van der Waals surface area contributed by atoms with Gasteiger partial charge in [-0.25, -0.2) is 0 Å². The van der Waals surface area contributed by atoms with Gasteiger partial charge in [0.15, 0.2) is 0 Å². The van der Waals surface area contributed by atoms with Crippen LogP contribution in [0, 0.1) is 13.8 Å². The lowest BCUT2D eigenvalue weighted by atomic mass is 10.2. The first-order chi connectivity index (χ1) is 8.16. The molecule has 0 aliphatic rings. The Bertz CT molecular complexity index is 506. The maximum Gasteiger partial charge on any atom is 0.0490 e. The molecular formula is C14H15BrN2. The average Bonchev–Trinajstić information content (AvgIpc) is 2.33. The fraction of sp³-hybridized carbons (Fsp3) is 0.214. The zero-order valence-corrected chi connectivity index (χ0v) is 11.6. The molecule has 0 aliphatic carbocycles. The van der Waals surface area contributed by atoms with Crippen LogP contribution in [-0.2, 0) is 6.54 Å². The summed E-state index contributed by atoms with van der Waals surface area (Å²) in [4.78, 5) is 4.28. The third-order valence-electron chi connectivity index (χ3n) is 2.65. The molecule has 0 saturated heterocycles. The van der Waals surface area contributed by atoms with Crippen molar-refractivity contribution in [3.05, 3.63) is 57.8 Å². The largest absolute Gasteiger partial charge is 0.380 e. The molecule has 17 heavy (non-hydrogen) atoms. The Morgan fingerprint density at radius 1 is 1.18 bits per heavy atom. The van der Waals surface area contributed by atoms with Crippen molar-refractivity contribution in [3.63, 3.8) is 0 Å². The van der Waals surface area contributed by atoms with Crippen LogP contribution in [0.1, 0.15) is 16.8 Å². The van der Waals surface area contributed by atoms with E-state index in [1.54, 1.807) is 0 Å². The summed E-state index contributed by atoms with van der Waals surface area (Å²) in [5.74, 6) is 0. The van der Waals surface area contributed by atoms with E-state index >= 15 is 0 Å². The lowest BCUT2D eigenvalue weighted by Gasteiger charge is -2.10. The Kier molecular flexibility index (Phi) is 3.79. The van der Waals surface area contributed by atoms with Crippen LogP contribution in [-0.4, -0.2) is 4.98 Å². The molecule has 2 nitrogen and oxygen atoms in total. The van der Waals surface area contributed by atoms with E-state index in [0.29, 0.717) is 0 Å². The Morgan fingerprint density at radius 2 is 2.00 bits per heavy atom. The topological polar surface area (TPSA) is 24.9 Å². The van der Waals surface area contributed by atoms with Crippen LogP contribution in [0.2, 0.25) is 0 Å². The highest BCUT2D eigenvalue weighted by Crippen LogP contribution is 2.26. The fourth-order valence-corrected chi connectivity index (χ4v) is 1.99. The number of hydrogen-bond donors (Lipinski definition) is 1. The minimum absolute atomic E-state index is 0.787. The van der Waals surface area contributed by atoms with E-state index in [-0.39, 0.29) is 0 Å². The molecule has 1 heterocycles. The highest BCUT2D eigenvalue weighted by Gasteiger charge is 2.01. The number of rotatable bonds is 3. The first-order valence-corrected chi connectivity index (χ1v) is 6.36. The monoisotopic (exact) mass is 290 g/mol. The van der Waals surface area contributed by atoms with Gasteiger partial charge in [-0.15, -0.1) is 0 Å². The van der Waals surface area contributed by atoms with Gasteiger partial charge in [0.2, 0.25) is 0 Å². The molecule has 1 aromatic carbocycles. The number of halogens is 1. The quantitative estimate of drug-likeness (QED) is 0.922. The zero-order chi connectivity index (χ0) is 12.3. The minimum Gasteiger partial charge on any atom is -0.380 e. The summed E-state index contributed by atoms with van der Waals surface area (Å²) in [6.45, 7) is 4.87. The van der Waals surface area contributed by atoms with Gasteiger partial charge in [0.1, 0.15) is 0 Å². The van der Waals surface area contributed by atoms with Crippen molar-refractivity contribution in [1.29, 1.82) is 0 Å². The summed E-state index contributed by atoms with van der Waals surface area (Å²) < 4.78 is 1.13. The van der Waals surface area contributed by atoms with Crippen molar-refractivity contribution >= 4 is 21.6 Å². The normalized spacial score (nSPS) is 10.3. The third kappa shape index (κ3) is 3.07. The van der Waals surface area contributed by atoms with Gasteiger partial charge in [-0.05, 0) is 53.0 Å². The summed E-state index contributed by atoms with van der Waals surface area (Å²) in [5.41, 5.74) is 4.58. The van der Waals surface area contributed by atoms with Crippen molar-refractivity contribution < 1.29 is 0 Å². The maximum atomic E-state index is 4.28. The smallest absolute Gasteiger partial charge is 0.0490 e. The molecule has 0 radical (unpaired) electrons. The highest BCUT2D eigenvalue weighted by molar-refractivity contribution is 9.10. The lowest BCUT2D eigenvalue weighted by molar-refractivity contribution is 1.08. The molecule has 88 valence electrons. The van der Waals surface area contributed by atoms with Crippen LogP contribution in [0.3, 0.4) is 0 Å². The van der Waals surface area contributed by atoms with Crippen LogP contribution in [0.25, 0.3) is 0 Å². The zero-order valence-electron chi connectivity index (χ0n) is 10.00. The summed E-state index contributed by atoms with van der Waals surface area (Å²) >= 11 is 3.59. The van der Waals surface area contributed by atoms with E-state index < -0.39 is 0 Å². The molecule has 2 rings (SSSR count). The third-order valence-corrected chi connectivity index (χ3v) is 3.70. The maximum absolute atomic E-state index is 4.28. The summed E-state index contributed by atoms with van der Waals surface area (Å²) in [5, 5.41) is 3.40. The van der Waals surface area contributed by atoms with Crippen LogP contribution in [0.4, 0.5) is 5.69 Å². The molecule has 0 fully saturated rings. The number of aryl methyl sites for hydroxylation is 2. The predicted octanol–water partition coefficient (Wildman–Crippen LogP) is 4.07. The van der Waals surface area contributed by atoms with Gasteiger partial charge in [-0.3, -0.25) is 4.98 Å². The molecule has 0 amide bonds. The summed E-state index contributed by atoms with van der Waals surface area (Å²) in [7, 11) is 0. The molecule has 1 N–H and O–H groups in total. The Hall–Kier alpha value is -1.35. The average molecular weight is 291 g/mol. The summed E-state index contributed by atoms with van der Waals surface area (Å²) in [6.07, 6.45) is 1.91. The van der Waals surface area contributed by atoms with E-state index in [1.807, 2.05) is 19.2 Å². The van der Waals surface area contributed by atoms with Gasteiger partial charge < -0.3 is 5.32 Å². The van der Waals surface area contributed by atoms with Crippen molar-refractivity contribution in [3.8, 4) is 0 Å². The standard InChI is InChI=1S/C14H15BrN2/c1-10-4-3-5-13(14(10)15)17-9-12-7-6-11(2)16-8-12/h3-8,17H,9H2,1-2H3. The number of aromatic nitrogens is 1. The number of nitrogens with one attached hydrogen (secondary N) is 1. The Labute approximate surface area is 110 Å². The van der Waals surface area contributed by atoms with E-state index in [0.717, 1.165) is 22.4 Å². The molecule has 2 aromatic rings. The van der Waals surface area contributed by atoms with Gasteiger partial charge in [-0.1, -0.05) is 18.2 Å². The van der Waals surface area contributed by atoms with Crippen LogP contribution in [0.5, 0.6) is 0 Å². The van der Waals surface area contributed by atoms with Crippen LogP contribution >= 0.6 is 15.9 Å². The molecular weight excluding hydrogens is 276 g/mol. The lowest BCUT2D eigenvalue weighted by Crippen LogP contribution is -2.01. The molecule has 0 atom stereocenters. The molecule has 0 aliphatic heterocycles. The van der Waals surface area contributed by atoms with Gasteiger partial charge in [0.05, 0.1) is 0 Å².